The van der Waals surface area contributed by atoms with Crippen LogP contribution in [0.1, 0.15) is 29.6 Å². The second kappa shape index (κ2) is 5.40. The van der Waals surface area contributed by atoms with Crippen molar-refractivity contribution < 1.29 is 9.53 Å². The fourth-order valence-electron chi connectivity index (χ4n) is 1.93. The molecule has 1 aromatic carbocycles. The molecule has 0 spiro atoms. The van der Waals surface area contributed by atoms with E-state index in [1.165, 1.54) is 19.3 Å². The first-order valence-electron chi connectivity index (χ1n) is 5.63. The Morgan fingerprint density at radius 1 is 1.47 bits per heavy atom. The van der Waals surface area contributed by atoms with Crippen molar-refractivity contribution in [1.82, 2.24) is 0 Å². The van der Waals surface area contributed by atoms with Gasteiger partial charge in [-0.05, 0) is 31.0 Å². The van der Waals surface area contributed by atoms with Crippen LogP contribution in [0.4, 0.5) is 0 Å². The molecule has 0 unspecified atom stereocenters. The Bertz CT molecular complexity index is 410. The average molecular weight is 318 g/mol. The zero-order chi connectivity index (χ0) is 12.3. The topological polar surface area (TPSA) is 26.3 Å². The van der Waals surface area contributed by atoms with Crippen molar-refractivity contribution >= 4 is 33.8 Å². The number of aldehydes is 1. The van der Waals surface area contributed by atoms with Gasteiger partial charge in [0, 0.05) is 16.3 Å². The minimum atomic E-state index is 0.270. The number of benzene rings is 1. The van der Waals surface area contributed by atoms with Crippen molar-refractivity contribution in [2.24, 2.45) is 5.41 Å². The molecule has 0 atom stereocenters. The van der Waals surface area contributed by atoms with E-state index in [-0.39, 0.29) is 5.41 Å². The summed E-state index contributed by atoms with van der Waals surface area (Å²) in [6.07, 6.45) is 4.44. The number of hydrogen-bond donors (Lipinski definition) is 0. The van der Waals surface area contributed by atoms with E-state index in [1.807, 2.05) is 0 Å². The van der Waals surface area contributed by atoms with E-state index in [1.54, 1.807) is 18.2 Å². The molecule has 2 nitrogen and oxygen atoms in total. The molecule has 0 saturated heterocycles. The molecule has 1 fully saturated rings. The minimum absolute atomic E-state index is 0.270. The third-order valence-corrected chi connectivity index (χ3v) is 4.81. The van der Waals surface area contributed by atoms with Gasteiger partial charge in [-0.15, -0.1) is 0 Å². The highest BCUT2D eigenvalue weighted by molar-refractivity contribution is 9.09. The van der Waals surface area contributed by atoms with Crippen molar-refractivity contribution in [3.05, 3.63) is 28.8 Å². The molecular weight excluding hydrogens is 303 g/mol. The fourth-order valence-corrected chi connectivity index (χ4v) is 2.90. The Kier molecular flexibility index (Phi) is 4.10. The van der Waals surface area contributed by atoms with E-state index in [0.29, 0.717) is 22.9 Å². The molecule has 1 aromatic rings. The van der Waals surface area contributed by atoms with Crippen LogP contribution in [0.2, 0.25) is 5.02 Å². The van der Waals surface area contributed by atoms with Crippen LogP contribution >= 0.6 is 27.5 Å². The Hall–Kier alpha value is -0.540. The highest BCUT2D eigenvalue weighted by Crippen LogP contribution is 2.43. The van der Waals surface area contributed by atoms with Crippen molar-refractivity contribution in [3.8, 4) is 5.75 Å². The summed E-state index contributed by atoms with van der Waals surface area (Å²) < 4.78 is 5.76. The summed E-state index contributed by atoms with van der Waals surface area (Å²) in [4.78, 5) is 10.6. The predicted octanol–water partition coefficient (Wildman–Crippen LogP) is 4.10. The molecule has 0 aliphatic heterocycles. The van der Waals surface area contributed by atoms with Gasteiger partial charge in [-0.1, -0.05) is 34.0 Å². The van der Waals surface area contributed by atoms with Crippen LogP contribution in [0.15, 0.2) is 18.2 Å². The van der Waals surface area contributed by atoms with Gasteiger partial charge < -0.3 is 4.74 Å². The smallest absolute Gasteiger partial charge is 0.150 e. The van der Waals surface area contributed by atoms with Crippen molar-refractivity contribution in [2.45, 2.75) is 19.3 Å². The number of ether oxygens (including phenoxy) is 1. The lowest BCUT2D eigenvalue weighted by Gasteiger charge is -2.40. The Morgan fingerprint density at radius 2 is 2.24 bits per heavy atom. The summed E-state index contributed by atoms with van der Waals surface area (Å²) in [5.74, 6) is 0.657. The summed E-state index contributed by atoms with van der Waals surface area (Å²) in [6.45, 7) is 0.679. The van der Waals surface area contributed by atoms with E-state index < -0.39 is 0 Å². The number of halogens is 2. The van der Waals surface area contributed by atoms with Crippen LogP contribution in [0.3, 0.4) is 0 Å². The normalized spacial score (nSPS) is 17.3. The average Bonchev–Trinajstić information content (AvgIpc) is 2.30. The Morgan fingerprint density at radius 3 is 2.71 bits per heavy atom. The van der Waals surface area contributed by atoms with Crippen LogP contribution < -0.4 is 4.74 Å². The SMILES string of the molecule is O=Cc1ccc(OCC2(CBr)CCC2)c(Cl)c1. The summed E-state index contributed by atoms with van der Waals surface area (Å²) in [7, 11) is 0. The van der Waals surface area contributed by atoms with Gasteiger partial charge in [0.25, 0.3) is 0 Å². The highest BCUT2D eigenvalue weighted by Gasteiger charge is 2.36. The second-order valence-corrected chi connectivity index (χ2v) is 5.55. The molecule has 1 aliphatic carbocycles. The molecule has 2 rings (SSSR count). The van der Waals surface area contributed by atoms with Crippen molar-refractivity contribution in [1.29, 1.82) is 0 Å². The van der Waals surface area contributed by atoms with E-state index in [2.05, 4.69) is 15.9 Å². The third kappa shape index (κ3) is 2.83. The zero-order valence-corrected chi connectivity index (χ0v) is 11.8. The molecule has 0 bridgehead atoms. The molecule has 92 valence electrons. The van der Waals surface area contributed by atoms with Crippen LogP contribution in [0.25, 0.3) is 0 Å². The molecule has 17 heavy (non-hydrogen) atoms. The van der Waals surface area contributed by atoms with Gasteiger partial charge in [-0.2, -0.15) is 0 Å². The standard InChI is InChI=1S/C13H14BrClO2/c14-8-13(4-1-5-13)9-17-12-3-2-10(7-16)6-11(12)15/h2-3,6-7H,1,4-5,8-9H2. The summed E-state index contributed by atoms with van der Waals surface area (Å²) in [5.41, 5.74) is 0.841. The van der Waals surface area contributed by atoms with Gasteiger partial charge in [0.15, 0.2) is 0 Å². The number of rotatable bonds is 5. The third-order valence-electron chi connectivity index (χ3n) is 3.32. The number of alkyl halides is 1. The Balaban J connectivity index is 2.01. The number of carbonyl (C=O) groups excluding carboxylic acids is 1. The lowest BCUT2D eigenvalue weighted by atomic mass is 9.71. The molecule has 0 aromatic heterocycles. The van der Waals surface area contributed by atoms with Crippen molar-refractivity contribution in [3.63, 3.8) is 0 Å². The predicted molar refractivity (Wildman–Crippen MR) is 72.4 cm³/mol. The maximum atomic E-state index is 10.6. The largest absolute Gasteiger partial charge is 0.491 e. The second-order valence-electron chi connectivity index (χ2n) is 4.58. The Labute approximate surface area is 114 Å². The van der Waals surface area contributed by atoms with E-state index in [9.17, 15) is 4.79 Å². The van der Waals surface area contributed by atoms with Crippen LogP contribution in [-0.4, -0.2) is 18.2 Å². The lowest BCUT2D eigenvalue weighted by Crippen LogP contribution is -2.37. The molecular formula is C13H14BrClO2. The van der Waals surface area contributed by atoms with E-state index in [0.717, 1.165) is 11.6 Å². The fraction of sp³-hybridized carbons (Fsp3) is 0.462. The van der Waals surface area contributed by atoms with Crippen LogP contribution in [-0.2, 0) is 0 Å². The van der Waals surface area contributed by atoms with Gasteiger partial charge >= 0.3 is 0 Å². The molecule has 0 amide bonds. The molecule has 0 heterocycles. The van der Waals surface area contributed by atoms with E-state index in [4.69, 9.17) is 16.3 Å². The van der Waals surface area contributed by atoms with Crippen LogP contribution in [0, 0.1) is 5.41 Å². The molecule has 1 saturated carbocycles. The zero-order valence-electron chi connectivity index (χ0n) is 9.42. The first kappa shape index (κ1) is 12.9. The maximum absolute atomic E-state index is 10.6. The minimum Gasteiger partial charge on any atom is -0.491 e. The summed E-state index contributed by atoms with van der Waals surface area (Å²) >= 11 is 9.58. The number of hydrogen-bond acceptors (Lipinski definition) is 2. The monoisotopic (exact) mass is 316 g/mol. The van der Waals surface area contributed by atoms with Gasteiger partial charge in [0.05, 0.1) is 11.6 Å². The molecule has 0 N–H and O–H groups in total. The van der Waals surface area contributed by atoms with Gasteiger partial charge in [-0.25, -0.2) is 0 Å². The van der Waals surface area contributed by atoms with Gasteiger partial charge in [0.1, 0.15) is 12.0 Å². The summed E-state index contributed by atoms with van der Waals surface area (Å²) in [5, 5.41) is 1.46. The van der Waals surface area contributed by atoms with Gasteiger partial charge in [0.2, 0.25) is 0 Å². The number of carbonyl (C=O) groups is 1. The maximum Gasteiger partial charge on any atom is 0.150 e. The van der Waals surface area contributed by atoms with E-state index >= 15 is 0 Å². The highest BCUT2D eigenvalue weighted by atomic mass is 79.9. The van der Waals surface area contributed by atoms with Crippen LogP contribution in [0.5, 0.6) is 5.75 Å². The van der Waals surface area contributed by atoms with Gasteiger partial charge in [-0.3, -0.25) is 4.79 Å². The summed E-state index contributed by atoms with van der Waals surface area (Å²) in [6, 6.07) is 5.11. The first-order chi connectivity index (χ1) is 8.19. The molecule has 0 radical (unpaired) electrons. The molecule has 4 heteroatoms. The first-order valence-corrected chi connectivity index (χ1v) is 7.13. The molecule has 1 aliphatic rings. The van der Waals surface area contributed by atoms with Crippen molar-refractivity contribution in [2.75, 3.05) is 11.9 Å². The quantitative estimate of drug-likeness (QED) is 0.604. The lowest BCUT2D eigenvalue weighted by molar-refractivity contribution is 0.0839.